The van der Waals surface area contributed by atoms with Crippen molar-refractivity contribution >= 4 is 0 Å². The van der Waals surface area contributed by atoms with Gasteiger partial charge in [0.15, 0.2) is 0 Å². The largest absolute Gasteiger partial charge is 0.466 e. The van der Waals surface area contributed by atoms with Gasteiger partial charge in [0.05, 0.1) is 0 Å². The Balaban J connectivity index is 2.13. The average Bonchev–Trinajstić information content (AvgIpc) is 2.71. The Labute approximate surface area is 84.5 Å². The summed E-state index contributed by atoms with van der Waals surface area (Å²) in [4.78, 5) is 0. The summed E-state index contributed by atoms with van der Waals surface area (Å²) in [6.07, 6.45) is 6.13. The molecule has 0 amide bonds. The van der Waals surface area contributed by atoms with Gasteiger partial charge in [-0.3, -0.25) is 0 Å². The number of rotatable bonds is 2. The van der Waals surface area contributed by atoms with Gasteiger partial charge in [0, 0.05) is 23.9 Å². The zero-order valence-electron chi connectivity index (χ0n) is 8.73. The minimum atomic E-state index is 0.311. The van der Waals surface area contributed by atoms with Gasteiger partial charge in [0.2, 0.25) is 0 Å². The Morgan fingerprint density at radius 1 is 1.36 bits per heavy atom. The lowest BCUT2D eigenvalue weighted by atomic mass is 9.92. The molecule has 0 unspecified atom stereocenters. The lowest BCUT2D eigenvalue weighted by Gasteiger charge is -2.13. The highest BCUT2D eigenvalue weighted by Gasteiger charge is 2.47. The Morgan fingerprint density at radius 3 is 2.79 bits per heavy atom. The third-order valence-corrected chi connectivity index (χ3v) is 3.87. The standard InChI is InChI=1S/C12H17NO/c1-8-11(12(7-13)5-6-12)9-3-2-4-10(9)14-8/h2-7,13H2,1H3. The van der Waals surface area contributed by atoms with E-state index in [1.165, 1.54) is 42.6 Å². The maximum atomic E-state index is 5.88. The van der Waals surface area contributed by atoms with Gasteiger partial charge in [0.1, 0.15) is 11.5 Å². The highest BCUT2D eigenvalue weighted by Crippen LogP contribution is 2.52. The first kappa shape index (κ1) is 8.54. The molecule has 2 nitrogen and oxygen atoms in total. The number of hydrogen-bond acceptors (Lipinski definition) is 2. The molecule has 0 spiro atoms. The summed E-state index contributed by atoms with van der Waals surface area (Å²) >= 11 is 0. The number of nitrogens with two attached hydrogens (primary N) is 1. The summed E-state index contributed by atoms with van der Waals surface area (Å²) in [5.74, 6) is 2.38. The molecule has 3 rings (SSSR count). The predicted octanol–water partition coefficient (Wildman–Crippen LogP) is 2.07. The Kier molecular flexibility index (Phi) is 1.61. The first-order valence-corrected chi connectivity index (χ1v) is 5.58. The van der Waals surface area contributed by atoms with E-state index in [1.807, 2.05) is 0 Å². The fraction of sp³-hybridized carbons (Fsp3) is 0.667. The SMILES string of the molecule is Cc1oc2c(c1C1(CN)CC1)CCC2. The highest BCUT2D eigenvalue weighted by molar-refractivity contribution is 5.45. The number of fused-ring (bicyclic) bond motifs is 1. The van der Waals surface area contributed by atoms with E-state index in [0.29, 0.717) is 5.41 Å². The van der Waals surface area contributed by atoms with Crippen LogP contribution in [0, 0.1) is 6.92 Å². The molecule has 1 aromatic rings. The van der Waals surface area contributed by atoms with E-state index in [9.17, 15) is 0 Å². The van der Waals surface area contributed by atoms with Crippen molar-refractivity contribution in [2.75, 3.05) is 6.54 Å². The van der Waals surface area contributed by atoms with Crippen LogP contribution >= 0.6 is 0 Å². The molecule has 0 radical (unpaired) electrons. The van der Waals surface area contributed by atoms with Gasteiger partial charge in [-0.05, 0) is 38.2 Å². The summed E-state index contributed by atoms with van der Waals surface area (Å²) in [5.41, 5.74) is 9.18. The first-order valence-electron chi connectivity index (χ1n) is 5.58. The fourth-order valence-corrected chi connectivity index (χ4v) is 2.94. The molecule has 1 aromatic heterocycles. The van der Waals surface area contributed by atoms with E-state index >= 15 is 0 Å². The van der Waals surface area contributed by atoms with Crippen LogP contribution in [0.5, 0.6) is 0 Å². The molecular formula is C12H17NO. The minimum absolute atomic E-state index is 0.311. The van der Waals surface area contributed by atoms with Crippen molar-refractivity contribution in [3.05, 3.63) is 22.6 Å². The van der Waals surface area contributed by atoms with Gasteiger partial charge in [-0.15, -0.1) is 0 Å². The van der Waals surface area contributed by atoms with Gasteiger partial charge < -0.3 is 10.2 Å². The molecule has 1 heterocycles. The molecule has 2 heteroatoms. The van der Waals surface area contributed by atoms with Crippen LogP contribution in [0.3, 0.4) is 0 Å². The summed E-state index contributed by atoms with van der Waals surface area (Å²) in [7, 11) is 0. The van der Waals surface area contributed by atoms with Crippen LogP contribution < -0.4 is 5.73 Å². The van der Waals surface area contributed by atoms with Crippen molar-refractivity contribution in [3.8, 4) is 0 Å². The first-order chi connectivity index (χ1) is 6.77. The van der Waals surface area contributed by atoms with Gasteiger partial charge >= 0.3 is 0 Å². The van der Waals surface area contributed by atoms with Crippen molar-refractivity contribution in [1.82, 2.24) is 0 Å². The monoisotopic (exact) mass is 191 g/mol. The molecule has 0 bridgehead atoms. The molecule has 0 atom stereocenters. The molecule has 0 aromatic carbocycles. The van der Waals surface area contributed by atoms with Crippen LogP contribution in [-0.2, 0) is 18.3 Å². The zero-order chi connectivity index (χ0) is 9.76. The van der Waals surface area contributed by atoms with Gasteiger partial charge in [0.25, 0.3) is 0 Å². The average molecular weight is 191 g/mol. The quantitative estimate of drug-likeness (QED) is 0.777. The number of furan rings is 1. The summed E-state index contributed by atoms with van der Waals surface area (Å²) in [5, 5.41) is 0. The second kappa shape index (κ2) is 2.63. The molecule has 1 fully saturated rings. The van der Waals surface area contributed by atoms with Crippen LogP contribution in [0.25, 0.3) is 0 Å². The lowest BCUT2D eigenvalue weighted by molar-refractivity contribution is 0.480. The maximum absolute atomic E-state index is 5.88. The fourth-order valence-electron chi connectivity index (χ4n) is 2.94. The molecule has 0 saturated heterocycles. The van der Waals surface area contributed by atoms with E-state index in [-0.39, 0.29) is 0 Å². The van der Waals surface area contributed by atoms with Gasteiger partial charge in [-0.25, -0.2) is 0 Å². The molecule has 2 aliphatic rings. The smallest absolute Gasteiger partial charge is 0.107 e. The van der Waals surface area contributed by atoms with Gasteiger partial charge in [-0.2, -0.15) is 0 Å². The Morgan fingerprint density at radius 2 is 2.14 bits per heavy atom. The van der Waals surface area contributed by atoms with Crippen molar-refractivity contribution in [2.45, 2.75) is 44.4 Å². The lowest BCUT2D eigenvalue weighted by Crippen LogP contribution is -2.21. The van der Waals surface area contributed by atoms with Crippen LogP contribution in [0.1, 0.15) is 41.9 Å². The molecular weight excluding hydrogens is 174 g/mol. The van der Waals surface area contributed by atoms with Crippen LogP contribution in [0.4, 0.5) is 0 Å². The Hall–Kier alpha value is -0.760. The van der Waals surface area contributed by atoms with Crippen LogP contribution in [0.2, 0.25) is 0 Å². The predicted molar refractivity (Wildman–Crippen MR) is 55.4 cm³/mol. The summed E-state index contributed by atoms with van der Waals surface area (Å²) in [6, 6.07) is 0. The summed E-state index contributed by atoms with van der Waals surface area (Å²) < 4.78 is 5.83. The topological polar surface area (TPSA) is 39.2 Å². The van der Waals surface area contributed by atoms with E-state index in [0.717, 1.165) is 18.7 Å². The zero-order valence-corrected chi connectivity index (χ0v) is 8.73. The van der Waals surface area contributed by atoms with Crippen molar-refractivity contribution in [2.24, 2.45) is 5.73 Å². The number of hydrogen-bond donors (Lipinski definition) is 1. The van der Waals surface area contributed by atoms with Crippen molar-refractivity contribution < 1.29 is 4.42 Å². The van der Waals surface area contributed by atoms with Crippen molar-refractivity contribution in [3.63, 3.8) is 0 Å². The minimum Gasteiger partial charge on any atom is -0.466 e. The van der Waals surface area contributed by atoms with Crippen LogP contribution in [0.15, 0.2) is 4.42 Å². The third-order valence-electron chi connectivity index (χ3n) is 3.87. The van der Waals surface area contributed by atoms with Gasteiger partial charge in [-0.1, -0.05) is 0 Å². The van der Waals surface area contributed by atoms with E-state index in [4.69, 9.17) is 10.2 Å². The summed E-state index contributed by atoms with van der Waals surface area (Å²) in [6.45, 7) is 2.89. The molecule has 2 N–H and O–H groups in total. The second-order valence-electron chi connectivity index (χ2n) is 4.77. The van der Waals surface area contributed by atoms with E-state index in [2.05, 4.69) is 6.92 Å². The normalized spacial score (nSPS) is 22.4. The molecule has 76 valence electrons. The molecule has 14 heavy (non-hydrogen) atoms. The highest BCUT2D eigenvalue weighted by atomic mass is 16.3. The molecule has 2 aliphatic carbocycles. The second-order valence-corrected chi connectivity index (χ2v) is 4.77. The van der Waals surface area contributed by atoms with E-state index < -0.39 is 0 Å². The third kappa shape index (κ3) is 0.949. The van der Waals surface area contributed by atoms with Crippen LogP contribution in [-0.4, -0.2) is 6.54 Å². The number of aryl methyl sites for hydroxylation is 2. The van der Waals surface area contributed by atoms with Crippen molar-refractivity contribution in [1.29, 1.82) is 0 Å². The Bertz CT molecular complexity index is 374. The molecule has 1 saturated carbocycles. The maximum Gasteiger partial charge on any atom is 0.107 e. The van der Waals surface area contributed by atoms with E-state index in [1.54, 1.807) is 0 Å². The molecule has 0 aliphatic heterocycles.